The van der Waals surface area contributed by atoms with E-state index in [0.717, 1.165) is 11.0 Å². The number of para-hydroxylation sites is 2. The van der Waals surface area contributed by atoms with E-state index in [-0.39, 0.29) is 12.5 Å². The molecule has 1 amide bonds. The van der Waals surface area contributed by atoms with Crippen LogP contribution < -0.4 is 5.32 Å². The molecule has 1 aromatic heterocycles. The molecule has 2 aromatic carbocycles. The van der Waals surface area contributed by atoms with Crippen molar-refractivity contribution in [1.82, 2.24) is 15.0 Å². The minimum Gasteiger partial charge on any atom is -0.323 e. The average molecular weight is 277 g/mol. The predicted molar refractivity (Wildman–Crippen MR) is 77.3 cm³/mol. The van der Waals surface area contributed by atoms with Gasteiger partial charge in [-0.2, -0.15) is 5.26 Å². The fraction of sp³-hybridized carbons (Fsp3) is 0.0667. The fourth-order valence-corrected chi connectivity index (χ4v) is 2.05. The zero-order valence-electron chi connectivity index (χ0n) is 11.0. The van der Waals surface area contributed by atoms with Gasteiger partial charge in [0.05, 0.1) is 16.8 Å². The van der Waals surface area contributed by atoms with Gasteiger partial charge in [-0.3, -0.25) is 4.79 Å². The molecule has 0 saturated heterocycles. The molecular formula is C15H11N5O. The minimum atomic E-state index is -0.256. The first-order chi connectivity index (χ1) is 10.3. The smallest absolute Gasteiger partial charge is 0.246 e. The molecule has 3 aromatic rings. The summed E-state index contributed by atoms with van der Waals surface area (Å²) in [7, 11) is 0. The Hall–Kier alpha value is -3.20. The number of aromatic nitrogens is 3. The van der Waals surface area contributed by atoms with Gasteiger partial charge in [-0.05, 0) is 24.3 Å². The number of carbonyl (C=O) groups excluding carboxylic acids is 1. The molecule has 0 aliphatic rings. The van der Waals surface area contributed by atoms with Crippen molar-refractivity contribution in [1.29, 1.82) is 5.26 Å². The van der Waals surface area contributed by atoms with E-state index in [1.54, 1.807) is 24.3 Å². The molecule has 0 saturated carbocycles. The lowest BCUT2D eigenvalue weighted by Gasteiger charge is -2.07. The molecule has 0 aliphatic carbocycles. The van der Waals surface area contributed by atoms with Crippen LogP contribution in [-0.4, -0.2) is 20.9 Å². The highest BCUT2D eigenvalue weighted by Gasteiger charge is 2.10. The Morgan fingerprint density at radius 1 is 1.19 bits per heavy atom. The maximum Gasteiger partial charge on any atom is 0.246 e. The summed E-state index contributed by atoms with van der Waals surface area (Å²) in [5, 5.41) is 19.7. The Bertz CT molecular complexity index is 846. The maximum atomic E-state index is 12.1. The topological polar surface area (TPSA) is 83.6 Å². The van der Waals surface area contributed by atoms with Crippen molar-refractivity contribution in [3.8, 4) is 6.07 Å². The van der Waals surface area contributed by atoms with Gasteiger partial charge < -0.3 is 5.32 Å². The van der Waals surface area contributed by atoms with E-state index in [0.29, 0.717) is 11.3 Å². The zero-order valence-corrected chi connectivity index (χ0v) is 11.0. The van der Waals surface area contributed by atoms with Gasteiger partial charge in [-0.1, -0.05) is 29.5 Å². The summed E-state index contributed by atoms with van der Waals surface area (Å²) < 4.78 is 1.53. The van der Waals surface area contributed by atoms with E-state index in [4.69, 9.17) is 5.26 Å². The molecule has 0 spiro atoms. The molecule has 0 fully saturated rings. The highest BCUT2D eigenvalue weighted by Crippen LogP contribution is 2.14. The molecule has 0 radical (unpaired) electrons. The SMILES string of the molecule is N#Cc1ccccc1NC(=O)Cn1nnc2ccccc21. The monoisotopic (exact) mass is 277 g/mol. The number of hydrogen-bond acceptors (Lipinski definition) is 4. The Morgan fingerprint density at radius 2 is 1.95 bits per heavy atom. The summed E-state index contributed by atoms with van der Waals surface area (Å²) in [6.45, 7) is 0.0419. The van der Waals surface area contributed by atoms with E-state index in [2.05, 4.69) is 15.6 Å². The lowest BCUT2D eigenvalue weighted by atomic mass is 10.2. The third-order valence-corrected chi connectivity index (χ3v) is 3.04. The molecule has 6 heteroatoms. The van der Waals surface area contributed by atoms with Gasteiger partial charge in [0.25, 0.3) is 0 Å². The summed E-state index contributed by atoms with van der Waals surface area (Å²) in [5.41, 5.74) is 2.45. The molecular weight excluding hydrogens is 266 g/mol. The van der Waals surface area contributed by atoms with Crippen molar-refractivity contribution >= 4 is 22.6 Å². The Morgan fingerprint density at radius 3 is 2.81 bits per heavy atom. The third-order valence-electron chi connectivity index (χ3n) is 3.04. The Labute approximate surface area is 120 Å². The molecule has 1 N–H and O–H groups in total. The number of nitrogens with zero attached hydrogens (tertiary/aromatic N) is 4. The lowest BCUT2D eigenvalue weighted by molar-refractivity contribution is -0.116. The zero-order chi connectivity index (χ0) is 14.7. The fourth-order valence-electron chi connectivity index (χ4n) is 2.05. The third kappa shape index (κ3) is 2.58. The number of rotatable bonds is 3. The second kappa shape index (κ2) is 5.43. The van der Waals surface area contributed by atoms with Crippen molar-refractivity contribution in [2.24, 2.45) is 0 Å². The summed E-state index contributed by atoms with van der Waals surface area (Å²) >= 11 is 0. The first kappa shape index (κ1) is 12.8. The van der Waals surface area contributed by atoms with Crippen LogP contribution in [0.4, 0.5) is 5.69 Å². The molecule has 102 valence electrons. The largest absolute Gasteiger partial charge is 0.323 e. The van der Waals surface area contributed by atoms with Crippen LogP contribution in [0.15, 0.2) is 48.5 Å². The van der Waals surface area contributed by atoms with Gasteiger partial charge >= 0.3 is 0 Å². The first-order valence-electron chi connectivity index (χ1n) is 6.35. The van der Waals surface area contributed by atoms with Crippen LogP contribution in [0.2, 0.25) is 0 Å². The van der Waals surface area contributed by atoms with Gasteiger partial charge in [0.1, 0.15) is 18.1 Å². The molecule has 21 heavy (non-hydrogen) atoms. The van der Waals surface area contributed by atoms with Crippen LogP contribution >= 0.6 is 0 Å². The molecule has 3 rings (SSSR count). The standard InChI is InChI=1S/C15H11N5O/c16-9-11-5-1-2-6-12(11)17-15(21)10-20-14-8-4-3-7-13(14)18-19-20/h1-8H,10H2,(H,17,21). The molecule has 6 nitrogen and oxygen atoms in total. The molecule has 0 bridgehead atoms. The average Bonchev–Trinajstić information content (AvgIpc) is 2.91. The second-order valence-electron chi connectivity index (χ2n) is 4.44. The molecule has 0 atom stereocenters. The highest BCUT2D eigenvalue weighted by atomic mass is 16.2. The van der Waals surface area contributed by atoms with Crippen molar-refractivity contribution in [2.45, 2.75) is 6.54 Å². The molecule has 1 heterocycles. The molecule has 0 aliphatic heterocycles. The van der Waals surface area contributed by atoms with Gasteiger partial charge in [0.15, 0.2) is 0 Å². The first-order valence-corrected chi connectivity index (χ1v) is 6.35. The van der Waals surface area contributed by atoms with E-state index in [1.807, 2.05) is 30.3 Å². The number of carbonyl (C=O) groups is 1. The highest BCUT2D eigenvalue weighted by molar-refractivity contribution is 5.92. The van der Waals surface area contributed by atoms with Crippen LogP contribution in [0.25, 0.3) is 11.0 Å². The van der Waals surface area contributed by atoms with Crippen LogP contribution in [0.1, 0.15) is 5.56 Å². The van der Waals surface area contributed by atoms with E-state index in [1.165, 1.54) is 4.68 Å². The second-order valence-corrected chi connectivity index (χ2v) is 4.44. The Balaban J connectivity index is 1.79. The van der Waals surface area contributed by atoms with Crippen LogP contribution in [0.5, 0.6) is 0 Å². The summed E-state index contributed by atoms with van der Waals surface area (Å²) in [6, 6.07) is 16.3. The van der Waals surface area contributed by atoms with Crippen molar-refractivity contribution < 1.29 is 4.79 Å². The van der Waals surface area contributed by atoms with E-state index >= 15 is 0 Å². The summed E-state index contributed by atoms with van der Waals surface area (Å²) in [4.78, 5) is 12.1. The van der Waals surface area contributed by atoms with Crippen LogP contribution in [0, 0.1) is 11.3 Å². The Kier molecular flexibility index (Phi) is 3.31. The van der Waals surface area contributed by atoms with Gasteiger partial charge in [0.2, 0.25) is 5.91 Å². The number of amides is 1. The minimum absolute atomic E-state index is 0.0419. The van der Waals surface area contributed by atoms with Crippen molar-refractivity contribution in [3.05, 3.63) is 54.1 Å². The van der Waals surface area contributed by atoms with E-state index < -0.39 is 0 Å². The van der Waals surface area contributed by atoms with E-state index in [9.17, 15) is 4.79 Å². The summed E-state index contributed by atoms with van der Waals surface area (Å²) in [5.74, 6) is -0.256. The van der Waals surface area contributed by atoms with Crippen LogP contribution in [-0.2, 0) is 11.3 Å². The predicted octanol–water partition coefficient (Wildman–Crippen LogP) is 1.94. The van der Waals surface area contributed by atoms with Gasteiger partial charge in [-0.15, -0.1) is 5.10 Å². The number of nitriles is 1. The number of benzene rings is 2. The quantitative estimate of drug-likeness (QED) is 0.793. The maximum absolute atomic E-state index is 12.1. The van der Waals surface area contributed by atoms with Gasteiger partial charge in [0, 0.05) is 0 Å². The van der Waals surface area contributed by atoms with Crippen molar-refractivity contribution in [2.75, 3.05) is 5.32 Å². The molecule has 0 unspecified atom stereocenters. The van der Waals surface area contributed by atoms with Crippen LogP contribution in [0.3, 0.4) is 0 Å². The number of fused-ring (bicyclic) bond motifs is 1. The number of nitrogens with one attached hydrogen (secondary N) is 1. The van der Waals surface area contributed by atoms with Crippen molar-refractivity contribution in [3.63, 3.8) is 0 Å². The number of hydrogen-bond donors (Lipinski definition) is 1. The normalized spacial score (nSPS) is 10.2. The lowest BCUT2D eigenvalue weighted by Crippen LogP contribution is -2.20. The van der Waals surface area contributed by atoms with Gasteiger partial charge in [-0.25, -0.2) is 4.68 Å². The number of anilines is 1. The summed E-state index contributed by atoms with van der Waals surface area (Å²) in [6.07, 6.45) is 0.